The summed E-state index contributed by atoms with van der Waals surface area (Å²) in [6, 6.07) is 1.74. The van der Waals surface area contributed by atoms with E-state index in [0.717, 1.165) is 6.42 Å². The molecule has 0 aromatic heterocycles. The Morgan fingerprint density at radius 1 is 1.06 bits per heavy atom. The maximum Gasteiger partial charge on any atom is 0.326 e. The second kappa shape index (κ2) is 11.8. The summed E-state index contributed by atoms with van der Waals surface area (Å²) in [5.74, 6) is -4.20. The number of carboxylic acids is 1. The van der Waals surface area contributed by atoms with E-state index in [1.165, 1.54) is 31.2 Å². The van der Waals surface area contributed by atoms with Gasteiger partial charge in [0.25, 0.3) is 0 Å². The van der Waals surface area contributed by atoms with Crippen molar-refractivity contribution in [2.45, 2.75) is 56.8 Å². The summed E-state index contributed by atoms with van der Waals surface area (Å²) < 4.78 is 0. The van der Waals surface area contributed by atoms with Gasteiger partial charge in [0, 0.05) is 6.42 Å². The number of rotatable bonds is 11. The predicted molar refractivity (Wildman–Crippen MR) is 116 cm³/mol. The van der Waals surface area contributed by atoms with Gasteiger partial charge in [-0.3, -0.25) is 19.2 Å². The summed E-state index contributed by atoms with van der Waals surface area (Å²) in [4.78, 5) is 60.3. The minimum atomic E-state index is -1.57. The molecule has 1 fully saturated rings. The maximum atomic E-state index is 12.8. The lowest BCUT2D eigenvalue weighted by Gasteiger charge is -2.23. The normalized spacial score (nSPS) is 17.9. The van der Waals surface area contributed by atoms with Crippen molar-refractivity contribution < 1.29 is 34.2 Å². The van der Waals surface area contributed by atoms with Crippen LogP contribution in [-0.2, 0) is 30.4 Å². The minimum Gasteiger partial charge on any atom is -0.508 e. The van der Waals surface area contributed by atoms with E-state index in [1.54, 1.807) is 0 Å². The van der Waals surface area contributed by atoms with Crippen LogP contribution in [0.25, 0.3) is 0 Å². The Kier molecular flexibility index (Phi) is 9.16. The van der Waals surface area contributed by atoms with E-state index in [2.05, 4.69) is 21.3 Å². The molecule has 1 aliphatic rings. The molecule has 180 valence electrons. The van der Waals surface area contributed by atoms with E-state index in [1.807, 2.05) is 0 Å². The number of phenolic OH excluding ortho intramolecular Hbond substituents is 1. The summed E-state index contributed by atoms with van der Waals surface area (Å²) in [7, 11) is 0. The van der Waals surface area contributed by atoms with Crippen LogP contribution in [0.1, 0.15) is 31.7 Å². The highest BCUT2D eigenvalue weighted by Crippen LogP contribution is 2.12. The molecule has 0 aliphatic carbocycles. The second-order valence-corrected chi connectivity index (χ2v) is 7.88. The van der Waals surface area contributed by atoms with Crippen molar-refractivity contribution in [3.8, 4) is 5.75 Å². The average molecular weight is 463 g/mol. The van der Waals surface area contributed by atoms with Gasteiger partial charge >= 0.3 is 5.97 Å². The van der Waals surface area contributed by atoms with Crippen LogP contribution in [0.2, 0.25) is 0 Å². The van der Waals surface area contributed by atoms with Crippen molar-refractivity contribution in [2.75, 3.05) is 6.54 Å². The molecule has 0 radical (unpaired) electrons. The van der Waals surface area contributed by atoms with E-state index >= 15 is 0 Å². The third-order valence-corrected chi connectivity index (χ3v) is 5.16. The number of nitrogens with two attached hydrogens (primary N) is 1. The number of benzene rings is 1. The third-order valence-electron chi connectivity index (χ3n) is 5.16. The Labute approximate surface area is 190 Å². The first-order valence-corrected chi connectivity index (χ1v) is 10.5. The Morgan fingerprint density at radius 2 is 1.70 bits per heavy atom. The SMILES string of the molecule is CC(NC(=O)C1CCCN1)C(=O)NC(Cc1ccc(O)cc1)C(=O)NC(CC(N)=O)C(=O)O. The van der Waals surface area contributed by atoms with Crippen LogP contribution in [0.4, 0.5) is 0 Å². The molecule has 4 amide bonds. The zero-order valence-corrected chi connectivity index (χ0v) is 18.2. The fraction of sp³-hybridized carbons (Fsp3) is 0.476. The molecule has 33 heavy (non-hydrogen) atoms. The summed E-state index contributed by atoms with van der Waals surface area (Å²) >= 11 is 0. The molecule has 4 unspecified atom stereocenters. The number of aromatic hydroxyl groups is 1. The fourth-order valence-electron chi connectivity index (χ4n) is 3.34. The van der Waals surface area contributed by atoms with Crippen molar-refractivity contribution in [3.05, 3.63) is 29.8 Å². The average Bonchev–Trinajstić information content (AvgIpc) is 3.28. The summed E-state index contributed by atoms with van der Waals surface area (Å²) in [6.07, 6.45) is 0.847. The van der Waals surface area contributed by atoms with Crippen LogP contribution < -0.4 is 27.0 Å². The highest BCUT2D eigenvalue weighted by molar-refractivity contribution is 5.94. The molecule has 1 aromatic rings. The van der Waals surface area contributed by atoms with E-state index in [4.69, 9.17) is 5.73 Å². The summed E-state index contributed by atoms with van der Waals surface area (Å²) in [5, 5.41) is 29.0. The zero-order valence-electron chi connectivity index (χ0n) is 18.2. The number of nitrogens with one attached hydrogen (secondary N) is 4. The third kappa shape index (κ3) is 8.07. The molecule has 8 N–H and O–H groups in total. The molecule has 0 saturated carbocycles. The Balaban J connectivity index is 2.11. The van der Waals surface area contributed by atoms with Crippen LogP contribution in [0.3, 0.4) is 0 Å². The molecule has 1 saturated heterocycles. The number of carboxylic acid groups (broad SMARTS) is 1. The van der Waals surface area contributed by atoms with Crippen LogP contribution in [-0.4, -0.2) is 70.5 Å². The molecular formula is C21H29N5O7. The number of amides is 4. The molecule has 0 spiro atoms. The molecule has 12 nitrogen and oxygen atoms in total. The number of primary amides is 1. The van der Waals surface area contributed by atoms with Crippen molar-refractivity contribution in [1.82, 2.24) is 21.3 Å². The van der Waals surface area contributed by atoms with Crippen LogP contribution in [0.15, 0.2) is 24.3 Å². The summed E-state index contributed by atoms with van der Waals surface area (Å²) in [5.41, 5.74) is 5.62. The quantitative estimate of drug-likeness (QED) is 0.198. The first-order valence-electron chi connectivity index (χ1n) is 10.5. The van der Waals surface area contributed by atoms with Gasteiger partial charge in [0.15, 0.2) is 0 Å². The molecule has 1 heterocycles. The van der Waals surface area contributed by atoms with Gasteiger partial charge in [-0.15, -0.1) is 0 Å². The standard InChI is InChI=1S/C21H29N5O7/c1-11(24-19(30)14-3-2-8-23-14)18(29)25-15(9-12-4-6-13(27)7-5-12)20(31)26-16(21(32)33)10-17(22)28/h4-7,11,14-16,23,27H,2-3,8-10H2,1H3,(H2,22,28)(H,24,30)(H,25,29)(H,26,31)(H,32,33). The molecule has 1 aliphatic heterocycles. The Bertz CT molecular complexity index is 883. The van der Waals surface area contributed by atoms with Crippen LogP contribution in [0.5, 0.6) is 5.75 Å². The van der Waals surface area contributed by atoms with Crippen molar-refractivity contribution in [1.29, 1.82) is 0 Å². The van der Waals surface area contributed by atoms with E-state index in [0.29, 0.717) is 18.5 Å². The Hall–Kier alpha value is -3.67. The number of phenols is 1. The maximum absolute atomic E-state index is 12.8. The fourth-order valence-corrected chi connectivity index (χ4v) is 3.34. The van der Waals surface area contributed by atoms with E-state index in [-0.39, 0.29) is 24.1 Å². The van der Waals surface area contributed by atoms with Crippen molar-refractivity contribution >= 4 is 29.6 Å². The van der Waals surface area contributed by atoms with Gasteiger partial charge in [0.05, 0.1) is 12.5 Å². The van der Waals surface area contributed by atoms with Gasteiger partial charge in [-0.1, -0.05) is 12.1 Å². The number of hydrogen-bond acceptors (Lipinski definition) is 7. The number of aliphatic carboxylic acids is 1. The predicted octanol–water partition coefficient (Wildman–Crippen LogP) is -1.88. The van der Waals surface area contributed by atoms with Gasteiger partial charge < -0.3 is 37.2 Å². The van der Waals surface area contributed by atoms with Crippen molar-refractivity contribution in [2.24, 2.45) is 5.73 Å². The molecule has 2 rings (SSSR count). The molecule has 0 bridgehead atoms. The lowest BCUT2D eigenvalue weighted by molar-refractivity contribution is -0.143. The highest BCUT2D eigenvalue weighted by atomic mass is 16.4. The molecular weight excluding hydrogens is 434 g/mol. The topological polar surface area (TPSA) is 200 Å². The highest BCUT2D eigenvalue weighted by Gasteiger charge is 2.30. The van der Waals surface area contributed by atoms with Gasteiger partial charge in [-0.05, 0) is 44.0 Å². The van der Waals surface area contributed by atoms with Crippen LogP contribution >= 0.6 is 0 Å². The zero-order chi connectivity index (χ0) is 24.5. The van der Waals surface area contributed by atoms with Gasteiger partial charge in [-0.2, -0.15) is 0 Å². The molecule has 12 heteroatoms. The monoisotopic (exact) mass is 463 g/mol. The number of carbonyl (C=O) groups is 5. The van der Waals surface area contributed by atoms with Crippen LogP contribution in [0, 0.1) is 0 Å². The molecule has 4 atom stereocenters. The van der Waals surface area contributed by atoms with E-state index < -0.39 is 48.2 Å². The Morgan fingerprint density at radius 3 is 2.24 bits per heavy atom. The van der Waals surface area contributed by atoms with Gasteiger partial charge in [0.1, 0.15) is 23.9 Å². The first kappa shape index (κ1) is 25.6. The lowest BCUT2D eigenvalue weighted by Crippen LogP contribution is -2.57. The number of carbonyl (C=O) groups excluding carboxylic acids is 4. The number of hydrogen-bond donors (Lipinski definition) is 7. The molecule has 1 aromatic carbocycles. The smallest absolute Gasteiger partial charge is 0.326 e. The largest absolute Gasteiger partial charge is 0.508 e. The second-order valence-electron chi connectivity index (χ2n) is 7.88. The summed E-state index contributed by atoms with van der Waals surface area (Å²) in [6.45, 7) is 2.18. The van der Waals surface area contributed by atoms with Gasteiger partial charge in [0.2, 0.25) is 23.6 Å². The van der Waals surface area contributed by atoms with Crippen molar-refractivity contribution in [3.63, 3.8) is 0 Å². The minimum absolute atomic E-state index is 0.00745. The van der Waals surface area contributed by atoms with E-state index in [9.17, 15) is 34.2 Å². The van der Waals surface area contributed by atoms with Gasteiger partial charge in [-0.25, -0.2) is 4.79 Å². The first-order chi connectivity index (χ1) is 15.6. The lowest BCUT2D eigenvalue weighted by atomic mass is 10.0.